The fraction of sp³-hybridized carbons (Fsp3) is 0.300. The number of nitrogens with one attached hydrogen (secondary N) is 1. The molecule has 0 spiro atoms. The standard InChI is InChI=1S/C10H13NO5S.Na.H/c12-10(11-6-7-17(13,14)15)16-8-9-4-2-1-3-5-9;;/h1-5H,6-8H2,(H,11,12)(H,13,14,15);;/q;+1;-1. The number of benzene rings is 1. The molecule has 0 aliphatic heterocycles. The van der Waals surface area contributed by atoms with Crippen molar-refractivity contribution in [3.05, 3.63) is 35.9 Å². The molecule has 0 heterocycles. The summed E-state index contributed by atoms with van der Waals surface area (Å²) in [4.78, 5) is 11.1. The van der Waals surface area contributed by atoms with Crippen molar-refractivity contribution < 1.29 is 53.5 Å². The van der Waals surface area contributed by atoms with E-state index in [1.54, 1.807) is 12.1 Å². The third-order valence-electron chi connectivity index (χ3n) is 1.84. The Morgan fingerprint density at radius 2 is 1.94 bits per heavy atom. The molecule has 0 bridgehead atoms. The molecule has 0 radical (unpaired) electrons. The number of hydrogen-bond acceptors (Lipinski definition) is 4. The fourth-order valence-corrected chi connectivity index (χ4v) is 1.42. The van der Waals surface area contributed by atoms with E-state index in [9.17, 15) is 13.2 Å². The topological polar surface area (TPSA) is 92.7 Å². The molecular formula is C10H14NNaO5S. The van der Waals surface area contributed by atoms with Gasteiger partial charge in [-0.25, -0.2) is 4.79 Å². The first-order valence-electron chi connectivity index (χ1n) is 4.87. The quantitative estimate of drug-likeness (QED) is 0.478. The Balaban J connectivity index is 0. The molecule has 1 rings (SSSR count). The van der Waals surface area contributed by atoms with Crippen LogP contribution in [0.3, 0.4) is 0 Å². The normalized spacial score (nSPS) is 10.3. The van der Waals surface area contributed by atoms with E-state index in [0.29, 0.717) is 0 Å². The van der Waals surface area contributed by atoms with E-state index in [0.717, 1.165) is 5.56 Å². The molecule has 0 saturated carbocycles. The predicted octanol–water partition coefficient (Wildman–Crippen LogP) is -2.08. The molecule has 6 nitrogen and oxygen atoms in total. The van der Waals surface area contributed by atoms with E-state index >= 15 is 0 Å². The first-order valence-corrected chi connectivity index (χ1v) is 6.48. The summed E-state index contributed by atoms with van der Waals surface area (Å²) in [5.74, 6) is -0.534. The second-order valence-electron chi connectivity index (χ2n) is 3.27. The molecule has 1 amide bonds. The number of alkyl carbamates (subject to hydrolysis) is 1. The van der Waals surface area contributed by atoms with Gasteiger partial charge in [0, 0.05) is 6.54 Å². The molecule has 0 atom stereocenters. The van der Waals surface area contributed by atoms with Gasteiger partial charge in [-0.2, -0.15) is 8.42 Å². The molecule has 0 aromatic heterocycles. The summed E-state index contributed by atoms with van der Waals surface area (Å²) in [6, 6.07) is 9.07. The summed E-state index contributed by atoms with van der Waals surface area (Å²) in [5.41, 5.74) is 0.831. The first-order chi connectivity index (χ1) is 7.97. The van der Waals surface area contributed by atoms with Crippen LogP contribution in [0.1, 0.15) is 6.99 Å². The van der Waals surface area contributed by atoms with Crippen molar-refractivity contribution in [1.82, 2.24) is 5.32 Å². The van der Waals surface area contributed by atoms with Crippen LogP contribution in [-0.4, -0.2) is 31.4 Å². The molecule has 1 aromatic carbocycles. The third kappa shape index (κ3) is 8.48. The Labute approximate surface area is 129 Å². The predicted molar refractivity (Wildman–Crippen MR) is 62.2 cm³/mol. The SMILES string of the molecule is O=C(NCCS(=O)(=O)O)OCc1ccccc1.[H-].[Na+]. The molecule has 8 heteroatoms. The van der Waals surface area contributed by atoms with Gasteiger partial charge in [-0.15, -0.1) is 0 Å². The minimum atomic E-state index is -4.06. The van der Waals surface area contributed by atoms with Crippen molar-refractivity contribution >= 4 is 16.2 Å². The zero-order valence-corrected chi connectivity index (χ0v) is 12.8. The fourth-order valence-electron chi connectivity index (χ4n) is 1.06. The van der Waals surface area contributed by atoms with Crippen LogP contribution in [0.2, 0.25) is 0 Å². The summed E-state index contributed by atoms with van der Waals surface area (Å²) in [6.45, 7) is -0.0784. The van der Waals surface area contributed by atoms with Gasteiger partial charge >= 0.3 is 35.7 Å². The maximum atomic E-state index is 11.1. The summed E-state index contributed by atoms with van der Waals surface area (Å²) in [6.07, 6.45) is -0.725. The Kier molecular flexibility index (Phi) is 8.21. The van der Waals surface area contributed by atoms with E-state index in [-0.39, 0.29) is 44.1 Å². The second kappa shape index (κ2) is 8.49. The van der Waals surface area contributed by atoms with Crippen LogP contribution in [0, 0.1) is 0 Å². The molecule has 96 valence electrons. The maximum Gasteiger partial charge on any atom is 1.00 e. The van der Waals surface area contributed by atoms with Gasteiger partial charge in [0.15, 0.2) is 0 Å². The average molecular weight is 283 g/mol. The van der Waals surface area contributed by atoms with Crippen molar-refractivity contribution in [3.63, 3.8) is 0 Å². The van der Waals surface area contributed by atoms with E-state index in [4.69, 9.17) is 9.29 Å². The van der Waals surface area contributed by atoms with Gasteiger partial charge < -0.3 is 11.5 Å². The summed E-state index contributed by atoms with van der Waals surface area (Å²) in [7, 11) is -4.06. The zero-order chi connectivity index (χ0) is 12.7. The number of ether oxygens (including phenoxy) is 1. The van der Waals surface area contributed by atoms with E-state index in [1.165, 1.54) is 0 Å². The van der Waals surface area contributed by atoms with Crippen molar-refractivity contribution in [1.29, 1.82) is 0 Å². The molecule has 1 aromatic rings. The number of hydrogen-bond donors (Lipinski definition) is 2. The van der Waals surface area contributed by atoms with Crippen molar-refractivity contribution in [2.45, 2.75) is 6.61 Å². The van der Waals surface area contributed by atoms with Crippen LogP contribution in [-0.2, 0) is 21.5 Å². The average Bonchev–Trinajstić information content (AvgIpc) is 2.26. The summed E-state index contributed by atoms with van der Waals surface area (Å²) < 4.78 is 33.9. The van der Waals surface area contributed by atoms with Gasteiger partial charge in [-0.05, 0) is 5.56 Å². The monoisotopic (exact) mass is 283 g/mol. The third-order valence-corrected chi connectivity index (χ3v) is 2.56. The molecule has 0 aliphatic carbocycles. The minimum absolute atomic E-state index is 0. The molecule has 0 saturated heterocycles. The van der Waals surface area contributed by atoms with Gasteiger partial charge in [0.25, 0.3) is 10.1 Å². The Morgan fingerprint density at radius 1 is 1.33 bits per heavy atom. The summed E-state index contributed by atoms with van der Waals surface area (Å²) >= 11 is 0. The Hall–Kier alpha value is -0.600. The zero-order valence-electron chi connectivity index (χ0n) is 11.0. The van der Waals surface area contributed by atoms with Crippen LogP contribution in [0.15, 0.2) is 30.3 Å². The Bertz CT molecular complexity index is 468. The smallest absolute Gasteiger partial charge is 1.00 e. The number of amides is 1. The maximum absolute atomic E-state index is 11.1. The number of carbonyl (C=O) groups excluding carboxylic acids is 1. The van der Waals surface area contributed by atoms with Gasteiger partial charge in [0.05, 0.1) is 5.75 Å². The van der Waals surface area contributed by atoms with Crippen molar-refractivity contribution in [2.75, 3.05) is 12.3 Å². The van der Waals surface area contributed by atoms with E-state index < -0.39 is 22.0 Å². The van der Waals surface area contributed by atoms with Gasteiger partial charge in [-0.1, -0.05) is 30.3 Å². The Morgan fingerprint density at radius 3 is 2.50 bits per heavy atom. The molecule has 0 unspecified atom stereocenters. The minimum Gasteiger partial charge on any atom is -1.00 e. The van der Waals surface area contributed by atoms with Gasteiger partial charge in [0.1, 0.15) is 6.61 Å². The van der Waals surface area contributed by atoms with Crippen LogP contribution in [0.25, 0.3) is 0 Å². The van der Waals surface area contributed by atoms with E-state index in [1.807, 2.05) is 18.2 Å². The van der Waals surface area contributed by atoms with Crippen molar-refractivity contribution in [3.8, 4) is 0 Å². The molecule has 0 fully saturated rings. The second-order valence-corrected chi connectivity index (χ2v) is 4.85. The molecule has 2 N–H and O–H groups in total. The van der Waals surface area contributed by atoms with Crippen LogP contribution in [0.4, 0.5) is 4.79 Å². The van der Waals surface area contributed by atoms with Crippen molar-refractivity contribution in [2.24, 2.45) is 0 Å². The number of rotatable bonds is 5. The van der Waals surface area contributed by atoms with Crippen LogP contribution < -0.4 is 34.9 Å². The summed E-state index contributed by atoms with van der Waals surface area (Å²) in [5, 5.41) is 2.21. The number of carbonyl (C=O) groups is 1. The van der Waals surface area contributed by atoms with Gasteiger partial charge in [0.2, 0.25) is 0 Å². The molecule has 0 aliphatic rings. The van der Waals surface area contributed by atoms with Crippen LogP contribution >= 0.6 is 0 Å². The largest absolute Gasteiger partial charge is 1.00 e. The molecular weight excluding hydrogens is 269 g/mol. The first kappa shape index (κ1) is 17.4. The van der Waals surface area contributed by atoms with E-state index in [2.05, 4.69) is 5.32 Å². The molecule has 18 heavy (non-hydrogen) atoms. The van der Waals surface area contributed by atoms with Gasteiger partial charge in [-0.3, -0.25) is 4.55 Å². The van der Waals surface area contributed by atoms with Crippen LogP contribution in [0.5, 0.6) is 0 Å².